The highest BCUT2D eigenvalue weighted by molar-refractivity contribution is 6.32. The Morgan fingerprint density at radius 2 is 2.10 bits per heavy atom. The number of halogens is 1. The first-order chi connectivity index (χ1) is 10.1. The summed E-state index contributed by atoms with van der Waals surface area (Å²) in [5, 5.41) is 14.0. The Balaban J connectivity index is 2.21. The van der Waals surface area contributed by atoms with Gasteiger partial charge in [0.15, 0.2) is 11.5 Å². The summed E-state index contributed by atoms with van der Waals surface area (Å²) in [6.07, 6.45) is 0.878. The molecule has 0 aliphatic heterocycles. The van der Waals surface area contributed by atoms with Crippen molar-refractivity contribution in [3.63, 3.8) is 0 Å². The number of hydrogen-bond donors (Lipinski definition) is 1. The van der Waals surface area contributed by atoms with Gasteiger partial charge in [-0.3, -0.25) is 4.68 Å². The maximum Gasteiger partial charge on any atom is 0.180 e. The van der Waals surface area contributed by atoms with Crippen molar-refractivity contribution < 1.29 is 14.6 Å². The third-order valence-corrected chi connectivity index (χ3v) is 3.51. The molecule has 0 bridgehead atoms. The lowest BCUT2D eigenvalue weighted by Crippen LogP contribution is -2.04. The highest BCUT2D eigenvalue weighted by Crippen LogP contribution is 2.37. The van der Waals surface area contributed by atoms with Crippen LogP contribution in [0.15, 0.2) is 18.2 Å². The minimum atomic E-state index is -0.0993. The molecule has 0 aliphatic rings. The Morgan fingerprint density at radius 3 is 2.67 bits per heavy atom. The van der Waals surface area contributed by atoms with Crippen molar-refractivity contribution in [1.82, 2.24) is 9.78 Å². The summed E-state index contributed by atoms with van der Waals surface area (Å²) >= 11 is 6.19. The molecule has 5 nitrogen and oxygen atoms in total. The monoisotopic (exact) mass is 310 g/mol. The SMILES string of the molecule is CCc1cc(COc2c(Cl)cc(CO)cc2OC)n(C)n1. The summed E-state index contributed by atoms with van der Waals surface area (Å²) < 4.78 is 12.8. The van der Waals surface area contributed by atoms with E-state index in [4.69, 9.17) is 21.1 Å². The molecular weight excluding hydrogens is 292 g/mol. The molecule has 6 heteroatoms. The number of rotatable bonds is 6. The van der Waals surface area contributed by atoms with E-state index in [9.17, 15) is 5.11 Å². The van der Waals surface area contributed by atoms with Gasteiger partial charge in [-0.15, -0.1) is 0 Å². The summed E-state index contributed by atoms with van der Waals surface area (Å²) in [5.74, 6) is 0.972. The number of nitrogens with zero attached hydrogens (tertiary/aromatic N) is 2. The summed E-state index contributed by atoms with van der Waals surface area (Å²) in [7, 11) is 3.42. The first-order valence-corrected chi connectivity index (χ1v) is 7.08. The van der Waals surface area contributed by atoms with Gasteiger partial charge < -0.3 is 14.6 Å². The average molecular weight is 311 g/mol. The smallest absolute Gasteiger partial charge is 0.180 e. The molecule has 0 saturated carbocycles. The number of aromatic nitrogens is 2. The van der Waals surface area contributed by atoms with Crippen LogP contribution >= 0.6 is 11.6 Å². The standard InChI is InChI=1S/C15H19ClN2O3/c1-4-11-7-12(18(2)17-11)9-21-15-13(16)5-10(8-19)6-14(15)20-3/h5-7,19H,4,8-9H2,1-3H3. The second-order valence-electron chi connectivity index (χ2n) is 4.66. The number of methoxy groups -OCH3 is 1. The summed E-state index contributed by atoms with van der Waals surface area (Å²) in [6, 6.07) is 5.38. The van der Waals surface area contributed by atoms with Crippen molar-refractivity contribution in [2.24, 2.45) is 7.05 Å². The van der Waals surface area contributed by atoms with Crippen LogP contribution in [0.2, 0.25) is 5.02 Å². The Hall–Kier alpha value is -1.72. The lowest BCUT2D eigenvalue weighted by atomic mass is 10.2. The molecule has 0 fully saturated rings. The lowest BCUT2D eigenvalue weighted by Gasteiger charge is -2.13. The molecule has 2 rings (SSSR count). The fraction of sp³-hybridized carbons (Fsp3) is 0.400. The van der Waals surface area contributed by atoms with Gasteiger partial charge in [0, 0.05) is 7.05 Å². The topological polar surface area (TPSA) is 56.5 Å². The van der Waals surface area contributed by atoms with E-state index < -0.39 is 0 Å². The van der Waals surface area contributed by atoms with Gasteiger partial charge >= 0.3 is 0 Å². The Bertz CT molecular complexity index is 626. The number of aliphatic hydroxyl groups is 1. The van der Waals surface area contributed by atoms with Gasteiger partial charge in [0.2, 0.25) is 0 Å². The molecule has 0 aliphatic carbocycles. The van der Waals surface area contributed by atoms with Crippen molar-refractivity contribution in [2.45, 2.75) is 26.6 Å². The molecule has 0 saturated heterocycles. The highest BCUT2D eigenvalue weighted by Gasteiger charge is 2.13. The molecule has 0 atom stereocenters. The molecule has 1 N–H and O–H groups in total. The Morgan fingerprint density at radius 1 is 1.33 bits per heavy atom. The second-order valence-corrected chi connectivity index (χ2v) is 5.07. The van der Waals surface area contributed by atoms with E-state index in [-0.39, 0.29) is 6.61 Å². The number of aryl methyl sites for hydroxylation is 2. The Labute approximate surface area is 129 Å². The van der Waals surface area contributed by atoms with E-state index in [1.807, 2.05) is 13.1 Å². The largest absolute Gasteiger partial charge is 0.493 e. The maximum absolute atomic E-state index is 9.18. The van der Waals surface area contributed by atoms with E-state index in [0.717, 1.165) is 17.8 Å². The minimum absolute atomic E-state index is 0.0993. The van der Waals surface area contributed by atoms with Crippen LogP contribution in [0.25, 0.3) is 0 Å². The highest BCUT2D eigenvalue weighted by atomic mass is 35.5. The zero-order valence-electron chi connectivity index (χ0n) is 12.4. The van der Waals surface area contributed by atoms with E-state index >= 15 is 0 Å². The molecule has 21 heavy (non-hydrogen) atoms. The summed E-state index contributed by atoms with van der Waals surface area (Å²) in [5.41, 5.74) is 2.65. The van der Waals surface area contributed by atoms with Crippen molar-refractivity contribution in [3.05, 3.63) is 40.2 Å². The fourth-order valence-electron chi connectivity index (χ4n) is 2.03. The van der Waals surface area contributed by atoms with E-state index in [1.165, 1.54) is 0 Å². The van der Waals surface area contributed by atoms with Gasteiger partial charge in [-0.1, -0.05) is 18.5 Å². The molecule has 0 amide bonds. The third-order valence-electron chi connectivity index (χ3n) is 3.23. The number of benzene rings is 1. The normalized spacial score (nSPS) is 10.7. The number of ether oxygens (including phenoxy) is 2. The number of hydrogen-bond acceptors (Lipinski definition) is 4. The first-order valence-electron chi connectivity index (χ1n) is 6.70. The van der Waals surface area contributed by atoms with Gasteiger partial charge in [-0.05, 0) is 30.2 Å². The fourth-order valence-corrected chi connectivity index (χ4v) is 2.32. The minimum Gasteiger partial charge on any atom is -0.493 e. The van der Waals surface area contributed by atoms with Crippen molar-refractivity contribution in [1.29, 1.82) is 0 Å². The van der Waals surface area contributed by atoms with Crippen LogP contribution in [-0.4, -0.2) is 22.0 Å². The van der Waals surface area contributed by atoms with Gasteiger partial charge in [0.25, 0.3) is 0 Å². The van der Waals surface area contributed by atoms with Crippen LogP contribution in [-0.2, 0) is 26.7 Å². The van der Waals surface area contributed by atoms with Crippen LogP contribution in [0.1, 0.15) is 23.9 Å². The number of aliphatic hydroxyl groups excluding tert-OH is 1. The van der Waals surface area contributed by atoms with Gasteiger partial charge in [0.1, 0.15) is 6.61 Å². The van der Waals surface area contributed by atoms with E-state index in [2.05, 4.69) is 12.0 Å². The summed E-state index contributed by atoms with van der Waals surface area (Å²) in [6.45, 7) is 2.30. The Kier molecular flexibility index (Phi) is 5.09. The van der Waals surface area contributed by atoms with Gasteiger partial charge in [0.05, 0.1) is 30.1 Å². The van der Waals surface area contributed by atoms with Crippen molar-refractivity contribution in [3.8, 4) is 11.5 Å². The second kappa shape index (κ2) is 6.83. The predicted molar refractivity (Wildman–Crippen MR) is 80.8 cm³/mol. The molecule has 0 spiro atoms. The summed E-state index contributed by atoms with van der Waals surface area (Å²) in [4.78, 5) is 0. The average Bonchev–Trinajstić information content (AvgIpc) is 2.85. The first kappa shape index (κ1) is 15.7. The van der Waals surface area contributed by atoms with Gasteiger partial charge in [-0.2, -0.15) is 5.10 Å². The molecule has 1 heterocycles. The zero-order chi connectivity index (χ0) is 15.4. The molecular formula is C15H19ClN2O3. The predicted octanol–water partition coefficient (Wildman–Crippen LogP) is 2.72. The van der Waals surface area contributed by atoms with E-state index in [0.29, 0.717) is 28.7 Å². The van der Waals surface area contributed by atoms with Crippen molar-refractivity contribution >= 4 is 11.6 Å². The van der Waals surface area contributed by atoms with Crippen LogP contribution in [0, 0.1) is 0 Å². The van der Waals surface area contributed by atoms with Gasteiger partial charge in [-0.25, -0.2) is 0 Å². The van der Waals surface area contributed by atoms with Crippen LogP contribution in [0.5, 0.6) is 11.5 Å². The molecule has 0 unspecified atom stereocenters. The quantitative estimate of drug-likeness (QED) is 0.891. The molecule has 1 aromatic carbocycles. The van der Waals surface area contributed by atoms with Crippen LogP contribution < -0.4 is 9.47 Å². The third kappa shape index (κ3) is 3.49. The molecule has 1 aromatic heterocycles. The molecule has 2 aromatic rings. The maximum atomic E-state index is 9.18. The molecule has 0 radical (unpaired) electrons. The van der Waals surface area contributed by atoms with E-state index in [1.54, 1.807) is 23.9 Å². The molecule has 114 valence electrons. The lowest BCUT2D eigenvalue weighted by molar-refractivity contribution is 0.270. The van der Waals surface area contributed by atoms with Crippen molar-refractivity contribution in [2.75, 3.05) is 7.11 Å². The van der Waals surface area contributed by atoms with Crippen LogP contribution in [0.3, 0.4) is 0 Å². The van der Waals surface area contributed by atoms with Crippen LogP contribution in [0.4, 0.5) is 0 Å². The zero-order valence-corrected chi connectivity index (χ0v) is 13.1.